The van der Waals surface area contributed by atoms with Crippen LogP contribution in [0.25, 0.3) is 0 Å². The lowest BCUT2D eigenvalue weighted by Gasteiger charge is -2.28. The molecule has 1 aliphatic rings. The van der Waals surface area contributed by atoms with Crippen molar-refractivity contribution in [2.75, 3.05) is 11.4 Å². The second kappa shape index (κ2) is 5.90. The third kappa shape index (κ3) is 3.85. The fourth-order valence-electron chi connectivity index (χ4n) is 2.62. The van der Waals surface area contributed by atoms with Gasteiger partial charge in [0.25, 0.3) is 0 Å². The summed E-state index contributed by atoms with van der Waals surface area (Å²) in [5.41, 5.74) is 0.679. The van der Waals surface area contributed by atoms with E-state index in [0.717, 1.165) is 5.69 Å². The first-order chi connectivity index (χ1) is 9.26. The number of aliphatic hydroxyl groups excluding tert-OH is 1. The van der Waals surface area contributed by atoms with Gasteiger partial charge in [-0.25, -0.2) is 0 Å². The molecular formula is C15H22ClNO3. The minimum atomic E-state index is -1.39. The number of nitrogens with zero attached hydrogens (tertiary/aromatic N) is 1. The molecule has 2 rings (SSSR count). The van der Waals surface area contributed by atoms with Gasteiger partial charge in [0.15, 0.2) is 6.29 Å². The van der Waals surface area contributed by atoms with Crippen molar-refractivity contribution in [2.24, 2.45) is 0 Å². The van der Waals surface area contributed by atoms with Crippen LogP contribution < -0.4 is 4.90 Å². The van der Waals surface area contributed by atoms with Crippen LogP contribution >= 0.6 is 11.6 Å². The highest BCUT2D eigenvalue weighted by atomic mass is 35.5. The van der Waals surface area contributed by atoms with Gasteiger partial charge in [0.1, 0.15) is 0 Å². The lowest BCUT2D eigenvalue weighted by molar-refractivity contribution is -0.0752. The van der Waals surface area contributed by atoms with Crippen LogP contribution in [-0.2, 0) is 4.74 Å². The molecule has 1 aliphatic heterocycles. The predicted octanol–water partition coefficient (Wildman–Crippen LogP) is 2.41. The molecule has 0 amide bonds. The van der Waals surface area contributed by atoms with Gasteiger partial charge < -0.3 is 19.8 Å². The summed E-state index contributed by atoms with van der Waals surface area (Å²) in [6, 6.07) is 7.02. The number of rotatable bonds is 3. The van der Waals surface area contributed by atoms with Gasteiger partial charge in [0.05, 0.1) is 17.7 Å². The van der Waals surface area contributed by atoms with Gasteiger partial charge in [-0.3, -0.25) is 0 Å². The van der Waals surface area contributed by atoms with Crippen LogP contribution in [0.5, 0.6) is 0 Å². The Morgan fingerprint density at radius 3 is 2.35 bits per heavy atom. The summed E-state index contributed by atoms with van der Waals surface area (Å²) >= 11 is 5.89. The van der Waals surface area contributed by atoms with Gasteiger partial charge in [-0.2, -0.15) is 0 Å². The molecule has 0 bridgehead atoms. The Bertz CT molecular complexity index is 441. The first-order valence-corrected chi connectivity index (χ1v) is 7.20. The number of ether oxygens (including phenoxy) is 1. The van der Waals surface area contributed by atoms with E-state index < -0.39 is 6.29 Å². The zero-order valence-corrected chi connectivity index (χ0v) is 12.8. The largest absolute Gasteiger partial charge is 0.371 e. The highest BCUT2D eigenvalue weighted by molar-refractivity contribution is 6.30. The van der Waals surface area contributed by atoms with E-state index >= 15 is 0 Å². The zero-order chi connectivity index (χ0) is 14.9. The fourth-order valence-corrected chi connectivity index (χ4v) is 2.75. The number of benzene rings is 1. The minimum absolute atomic E-state index is 0.0162. The van der Waals surface area contributed by atoms with Crippen molar-refractivity contribution in [1.29, 1.82) is 0 Å². The Balaban J connectivity index is 2.15. The smallest absolute Gasteiger partial charge is 0.172 e. The third-order valence-corrected chi connectivity index (χ3v) is 3.58. The van der Waals surface area contributed by atoms with E-state index in [0.29, 0.717) is 18.0 Å². The molecule has 1 fully saturated rings. The molecular weight excluding hydrogens is 278 g/mol. The highest BCUT2D eigenvalue weighted by Crippen LogP contribution is 2.31. The van der Waals surface area contributed by atoms with Crippen molar-refractivity contribution in [3.8, 4) is 0 Å². The summed E-state index contributed by atoms with van der Waals surface area (Å²) in [5.74, 6) is 0. The van der Waals surface area contributed by atoms with Crippen molar-refractivity contribution in [1.82, 2.24) is 0 Å². The molecule has 0 aromatic heterocycles. The van der Waals surface area contributed by atoms with Gasteiger partial charge in [-0.05, 0) is 45.0 Å². The first kappa shape index (κ1) is 15.6. The van der Waals surface area contributed by atoms with E-state index in [-0.39, 0.29) is 17.7 Å². The van der Waals surface area contributed by atoms with E-state index in [1.165, 1.54) is 0 Å². The minimum Gasteiger partial charge on any atom is -0.371 e. The molecule has 1 saturated heterocycles. The maximum atomic E-state index is 9.59. The molecule has 1 aromatic rings. The molecule has 0 spiro atoms. The second-order valence-electron chi connectivity index (χ2n) is 6.20. The second-order valence-corrected chi connectivity index (χ2v) is 6.63. The molecule has 0 saturated carbocycles. The standard InChI is InChI=1S/C15H22ClNO3/c1-15(2,3)20-12-8-13(14(18)19)17(9-12)11-6-4-10(16)5-7-11/h4-7,12-14,18-19H,8-9H2,1-3H3. The summed E-state index contributed by atoms with van der Waals surface area (Å²) < 4.78 is 5.96. The third-order valence-electron chi connectivity index (χ3n) is 3.33. The number of anilines is 1. The van der Waals surface area contributed by atoms with Crippen molar-refractivity contribution >= 4 is 17.3 Å². The number of aliphatic hydroxyl groups is 2. The molecule has 20 heavy (non-hydrogen) atoms. The Labute approximate surface area is 124 Å². The first-order valence-electron chi connectivity index (χ1n) is 6.82. The summed E-state index contributed by atoms with van der Waals surface area (Å²) in [6.45, 7) is 6.65. The van der Waals surface area contributed by atoms with Crippen molar-refractivity contribution < 1.29 is 14.9 Å². The van der Waals surface area contributed by atoms with Crippen LogP contribution in [0, 0.1) is 0 Å². The molecule has 1 heterocycles. The highest BCUT2D eigenvalue weighted by Gasteiger charge is 2.38. The quantitative estimate of drug-likeness (QED) is 0.842. The molecule has 4 nitrogen and oxygen atoms in total. The van der Waals surface area contributed by atoms with E-state index in [4.69, 9.17) is 16.3 Å². The molecule has 2 atom stereocenters. The van der Waals surface area contributed by atoms with Crippen molar-refractivity contribution in [2.45, 2.75) is 51.2 Å². The average Bonchev–Trinajstić information content (AvgIpc) is 2.71. The molecule has 2 unspecified atom stereocenters. The molecule has 0 aliphatic carbocycles. The SMILES string of the molecule is CC(C)(C)OC1CC(C(O)O)N(c2ccc(Cl)cc2)C1. The van der Waals surface area contributed by atoms with Gasteiger partial charge in [0, 0.05) is 23.7 Å². The molecule has 0 radical (unpaired) electrons. The van der Waals surface area contributed by atoms with E-state index in [1.807, 2.05) is 37.8 Å². The topological polar surface area (TPSA) is 52.9 Å². The Morgan fingerprint density at radius 1 is 1.25 bits per heavy atom. The van der Waals surface area contributed by atoms with Crippen LogP contribution in [0.4, 0.5) is 5.69 Å². The van der Waals surface area contributed by atoms with Crippen LogP contribution in [0.15, 0.2) is 24.3 Å². The number of halogens is 1. The summed E-state index contributed by atoms with van der Waals surface area (Å²) in [7, 11) is 0. The Morgan fingerprint density at radius 2 is 1.85 bits per heavy atom. The average molecular weight is 300 g/mol. The lowest BCUT2D eigenvalue weighted by Crippen LogP contribution is -2.38. The normalized spacial score (nSPS) is 23.6. The summed E-state index contributed by atoms with van der Waals surface area (Å²) in [4.78, 5) is 1.97. The predicted molar refractivity (Wildman–Crippen MR) is 80.1 cm³/mol. The lowest BCUT2D eigenvalue weighted by atomic mass is 10.1. The van der Waals surface area contributed by atoms with Gasteiger partial charge >= 0.3 is 0 Å². The van der Waals surface area contributed by atoms with Crippen LogP contribution in [-0.4, -0.2) is 40.8 Å². The Hall–Kier alpha value is -0.810. The number of hydrogen-bond acceptors (Lipinski definition) is 4. The summed E-state index contributed by atoms with van der Waals surface area (Å²) in [5, 5.41) is 19.8. The molecule has 2 N–H and O–H groups in total. The molecule has 112 valence electrons. The zero-order valence-electron chi connectivity index (χ0n) is 12.1. The van der Waals surface area contributed by atoms with Gasteiger partial charge in [-0.15, -0.1) is 0 Å². The van der Waals surface area contributed by atoms with E-state index in [9.17, 15) is 10.2 Å². The van der Waals surface area contributed by atoms with Crippen molar-refractivity contribution in [3.05, 3.63) is 29.3 Å². The van der Waals surface area contributed by atoms with Crippen LogP contribution in [0.3, 0.4) is 0 Å². The summed E-state index contributed by atoms with van der Waals surface area (Å²) in [6.07, 6.45) is -0.811. The molecule has 1 aromatic carbocycles. The van der Waals surface area contributed by atoms with Crippen LogP contribution in [0.1, 0.15) is 27.2 Å². The van der Waals surface area contributed by atoms with E-state index in [1.54, 1.807) is 12.1 Å². The Kier molecular flexibility index (Phi) is 4.59. The monoisotopic (exact) mass is 299 g/mol. The molecule has 5 heteroatoms. The van der Waals surface area contributed by atoms with E-state index in [2.05, 4.69) is 0 Å². The maximum absolute atomic E-state index is 9.59. The van der Waals surface area contributed by atoms with Crippen molar-refractivity contribution in [3.63, 3.8) is 0 Å². The maximum Gasteiger partial charge on any atom is 0.172 e. The number of hydrogen-bond donors (Lipinski definition) is 2. The van der Waals surface area contributed by atoms with Gasteiger partial charge in [0.2, 0.25) is 0 Å². The van der Waals surface area contributed by atoms with Gasteiger partial charge in [-0.1, -0.05) is 11.6 Å². The van der Waals surface area contributed by atoms with Crippen LogP contribution in [0.2, 0.25) is 5.02 Å². The fraction of sp³-hybridized carbons (Fsp3) is 0.600.